The Kier molecular flexibility index (Phi) is 6.51. The first-order chi connectivity index (χ1) is 16.7. The van der Waals surface area contributed by atoms with E-state index in [4.69, 9.17) is 9.47 Å². The first kappa shape index (κ1) is 24.3. The average Bonchev–Trinajstić information content (AvgIpc) is 3.28. The molecule has 0 radical (unpaired) electrons. The molecule has 2 aromatic heterocycles. The lowest BCUT2D eigenvalue weighted by Crippen LogP contribution is -2.38. The number of hydrogen-bond donors (Lipinski definition) is 0. The van der Waals surface area contributed by atoms with Crippen molar-refractivity contribution >= 4 is 11.6 Å². The summed E-state index contributed by atoms with van der Waals surface area (Å²) in [4.78, 5) is 17.7. The fourth-order valence-corrected chi connectivity index (χ4v) is 4.10. The van der Waals surface area contributed by atoms with Crippen molar-refractivity contribution in [3.8, 4) is 16.9 Å². The van der Waals surface area contributed by atoms with Gasteiger partial charge in [-0.05, 0) is 61.7 Å². The molecule has 4 rings (SSSR count). The van der Waals surface area contributed by atoms with Gasteiger partial charge in [-0.1, -0.05) is 24.3 Å². The third kappa shape index (κ3) is 4.71. The molecule has 0 bridgehead atoms. The first-order valence-corrected chi connectivity index (χ1v) is 11.0. The van der Waals surface area contributed by atoms with Crippen molar-refractivity contribution in [2.75, 3.05) is 13.7 Å². The minimum absolute atomic E-state index is 0.205. The third-order valence-corrected chi connectivity index (χ3v) is 5.91. The predicted octanol–water partition coefficient (Wildman–Crippen LogP) is 5.49. The number of carbonyl (C=O) groups excluding carboxylic acids is 1. The zero-order valence-corrected chi connectivity index (χ0v) is 19.5. The van der Waals surface area contributed by atoms with Crippen LogP contribution in [-0.2, 0) is 27.5 Å². The van der Waals surface area contributed by atoms with E-state index in [-0.39, 0.29) is 6.61 Å². The summed E-state index contributed by atoms with van der Waals surface area (Å²) in [5.41, 5.74) is 1.04. The molecular formula is C26H24F3N3O3. The van der Waals surface area contributed by atoms with Gasteiger partial charge in [0.05, 0.1) is 31.2 Å². The summed E-state index contributed by atoms with van der Waals surface area (Å²) in [6, 6.07) is 13.9. The zero-order valence-electron chi connectivity index (χ0n) is 19.5. The highest BCUT2D eigenvalue weighted by Gasteiger charge is 2.40. The van der Waals surface area contributed by atoms with E-state index < -0.39 is 23.1 Å². The number of rotatable bonds is 7. The Hall–Kier alpha value is -3.88. The summed E-state index contributed by atoms with van der Waals surface area (Å²) in [6.07, 6.45) is -1.03. The number of alkyl halides is 3. The molecule has 2 aromatic carbocycles. The normalized spacial score (nSPS) is 13.4. The first-order valence-electron chi connectivity index (χ1n) is 11.0. The minimum Gasteiger partial charge on any atom is -0.497 e. The van der Waals surface area contributed by atoms with Crippen LogP contribution in [0.2, 0.25) is 0 Å². The van der Waals surface area contributed by atoms with E-state index in [0.717, 1.165) is 17.7 Å². The second-order valence-corrected chi connectivity index (χ2v) is 8.28. The number of esters is 1. The highest BCUT2D eigenvalue weighted by Crippen LogP contribution is 2.34. The SMILES string of the molecule is CCOC(=O)C(C)(Cc1cccc(OC)c1)c1ccnc2c(-c3ccc(C(F)(F)F)cc3)cnn12. The molecule has 4 aromatic rings. The second-order valence-electron chi connectivity index (χ2n) is 8.28. The number of hydrogen-bond acceptors (Lipinski definition) is 5. The lowest BCUT2D eigenvalue weighted by molar-refractivity contribution is -0.149. The molecular weight excluding hydrogens is 459 g/mol. The van der Waals surface area contributed by atoms with Gasteiger partial charge in [-0.25, -0.2) is 9.50 Å². The Morgan fingerprint density at radius 3 is 2.49 bits per heavy atom. The molecule has 0 fully saturated rings. The van der Waals surface area contributed by atoms with Crippen LogP contribution in [0.3, 0.4) is 0 Å². The minimum atomic E-state index is -4.42. The fourth-order valence-electron chi connectivity index (χ4n) is 4.10. The van der Waals surface area contributed by atoms with E-state index in [2.05, 4.69) is 10.1 Å². The van der Waals surface area contributed by atoms with Gasteiger partial charge >= 0.3 is 12.1 Å². The zero-order chi connectivity index (χ0) is 25.2. The van der Waals surface area contributed by atoms with Crippen LogP contribution in [0.1, 0.15) is 30.7 Å². The fraction of sp³-hybridized carbons (Fsp3) is 0.269. The molecule has 6 nitrogen and oxygen atoms in total. The van der Waals surface area contributed by atoms with Crippen LogP contribution in [0.15, 0.2) is 67.0 Å². The maximum absolute atomic E-state index is 13.3. The average molecular weight is 483 g/mol. The van der Waals surface area contributed by atoms with Gasteiger partial charge in [0.2, 0.25) is 0 Å². The molecule has 0 spiro atoms. The summed E-state index contributed by atoms with van der Waals surface area (Å²) in [5.74, 6) is 0.235. The predicted molar refractivity (Wildman–Crippen MR) is 124 cm³/mol. The van der Waals surface area contributed by atoms with Crippen molar-refractivity contribution < 1.29 is 27.4 Å². The van der Waals surface area contributed by atoms with Gasteiger partial charge in [0, 0.05) is 11.8 Å². The molecule has 0 aliphatic heterocycles. The Morgan fingerprint density at radius 1 is 1.09 bits per heavy atom. The van der Waals surface area contributed by atoms with Crippen molar-refractivity contribution in [1.82, 2.24) is 14.6 Å². The van der Waals surface area contributed by atoms with E-state index in [9.17, 15) is 18.0 Å². The van der Waals surface area contributed by atoms with Gasteiger partial charge in [0.1, 0.15) is 11.2 Å². The number of aromatic nitrogens is 3. The highest BCUT2D eigenvalue weighted by molar-refractivity contribution is 5.84. The van der Waals surface area contributed by atoms with Crippen molar-refractivity contribution in [1.29, 1.82) is 0 Å². The van der Waals surface area contributed by atoms with Gasteiger partial charge in [-0.3, -0.25) is 4.79 Å². The largest absolute Gasteiger partial charge is 0.497 e. The van der Waals surface area contributed by atoms with E-state index in [0.29, 0.717) is 34.6 Å². The molecule has 0 saturated carbocycles. The van der Waals surface area contributed by atoms with Crippen LogP contribution in [0, 0.1) is 0 Å². The Balaban J connectivity index is 1.81. The maximum Gasteiger partial charge on any atom is 0.416 e. The molecule has 0 amide bonds. The van der Waals surface area contributed by atoms with Gasteiger partial charge in [-0.2, -0.15) is 18.3 Å². The van der Waals surface area contributed by atoms with Gasteiger partial charge in [0.15, 0.2) is 5.65 Å². The molecule has 9 heteroatoms. The number of carbonyl (C=O) groups is 1. The van der Waals surface area contributed by atoms with Crippen LogP contribution in [0.25, 0.3) is 16.8 Å². The standard InChI is InChI=1S/C26H24F3N3O3/c1-4-35-24(33)25(2,15-17-6-5-7-20(14-17)34-3)22-12-13-30-23-21(16-31-32(22)23)18-8-10-19(11-9-18)26(27,28)29/h5-14,16H,4,15H2,1-3H3. The molecule has 2 heterocycles. The summed E-state index contributed by atoms with van der Waals surface area (Å²) in [6.45, 7) is 3.72. The topological polar surface area (TPSA) is 65.7 Å². The highest BCUT2D eigenvalue weighted by atomic mass is 19.4. The van der Waals surface area contributed by atoms with Crippen LogP contribution in [0.5, 0.6) is 5.75 Å². The Bertz CT molecular complexity index is 1350. The smallest absolute Gasteiger partial charge is 0.416 e. The summed E-state index contributed by atoms with van der Waals surface area (Å²) in [7, 11) is 1.57. The van der Waals surface area contributed by atoms with Crippen LogP contribution >= 0.6 is 0 Å². The molecule has 0 aliphatic carbocycles. The van der Waals surface area contributed by atoms with E-state index in [1.807, 2.05) is 24.3 Å². The van der Waals surface area contributed by atoms with Crippen molar-refractivity contribution in [2.24, 2.45) is 0 Å². The monoisotopic (exact) mass is 483 g/mol. The third-order valence-electron chi connectivity index (χ3n) is 5.91. The van der Waals surface area contributed by atoms with Gasteiger partial charge in [0.25, 0.3) is 0 Å². The number of ether oxygens (including phenoxy) is 2. The summed E-state index contributed by atoms with van der Waals surface area (Å²) < 4.78 is 51.3. The van der Waals surface area contributed by atoms with Crippen LogP contribution in [0.4, 0.5) is 13.2 Å². The quantitative estimate of drug-likeness (QED) is 0.326. The van der Waals surface area contributed by atoms with Gasteiger partial charge < -0.3 is 9.47 Å². The Morgan fingerprint density at radius 2 is 1.83 bits per heavy atom. The molecule has 1 atom stereocenters. The molecule has 0 saturated heterocycles. The number of fused-ring (bicyclic) bond motifs is 1. The number of benzene rings is 2. The summed E-state index contributed by atoms with van der Waals surface area (Å²) >= 11 is 0. The number of methoxy groups -OCH3 is 1. The van der Waals surface area contributed by atoms with Crippen molar-refractivity contribution in [3.63, 3.8) is 0 Å². The number of nitrogens with zero attached hydrogens (tertiary/aromatic N) is 3. The molecule has 182 valence electrons. The molecule has 1 unspecified atom stereocenters. The lowest BCUT2D eigenvalue weighted by atomic mass is 9.80. The van der Waals surface area contributed by atoms with Gasteiger partial charge in [-0.15, -0.1) is 0 Å². The molecule has 35 heavy (non-hydrogen) atoms. The maximum atomic E-state index is 13.3. The van der Waals surface area contributed by atoms with Crippen LogP contribution < -0.4 is 4.74 Å². The molecule has 0 aliphatic rings. The van der Waals surface area contributed by atoms with Crippen molar-refractivity contribution in [3.05, 3.63) is 83.8 Å². The number of halogens is 3. The van der Waals surface area contributed by atoms with E-state index >= 15 is 0 Å². The lowest BCUT2D eigenvalue weighted by Gasteiger charge is -2.28. The van der Waals surface area contributed by atoms with Crippen LogP contribution in [-0.4, -0.2) is 34.3 Å². The van der Waals surface area contributed by atoms with E-state index in [1.54, 1.807) is 37.7 Å². The second kappa shape index (κ2) is 9.40. The summed E-state index contributed by atoms with van der Waals surface area (Å²) in [5, 5.41) is 4.45. The Labute approximate surface area is 200 Å². The van der Waals surface area contributed by atoms with Crippen molar-refractivity contribution in [2.45, 2.75) is 31.9 Å². The molecule has 0 N–H and O–H groups in total. The van der Waals surface area contributed by atoms with E-state index in [1.165, 1.54) is 18.3 Å².